The fraction of sp³-hybridized carbons (Fsp3) is 0.333. The summed E-state index contributed by atoms with van der Waals surface area (Å²) >= 11 is 0. The van der Waals surface area contributed by atoms with Gasteiger partial charge < -0.3 is 10.1 Å². The van der Waals surface area contributed by atoms with Crippen LogP contribution in [0, 0.1) is 17.0 Å². The zero-order chi connectivity index (χ0) is 18.2. The number of nitro benzene ring substituents is 1. The van der Waals surface area contributed by atoms with E-state index in [2.05, 4.69) is 17.2 Å². The van der Waals surface area contributed by atoms with Crippen LogP contribution in [0.4, 0.5) is 5.69 Å². The van der Waals surface area contributed by atoms with Crippen LogP contribution >= 0.6 is 0 Å². The predicted molar refractivity (Wildman–Crippen MR) is 93.6 cm³/mol. The van der Waals surface area contributed by atoms with Crippen molar-refractivity contribution in [3.63, 3.8) is 0 Å². The Hall–Kier alpha value is -2.96. The predicted octanol–water partition coefficient (Wildman–Crippen LogP) is 3.41. The molecule has 2 rings (SSSR count). The molecule has 1 aromatic carbocycles. The van der Waals surface area contributed by atoms with Gasteiger partial charge >= 0.3 is 0 Å². The second-order valence-electron chi connectivity index (χ2n) is 5.61. The summed E-state index contributed by atoms with van der Waals surface area (Å²) in [5.74, 6) is 0.206. The van der Waals surface area contributed by atoms with Crippen LogP contribution in [0.1, 0.15) is 41.3 Å². The molecule has 2 aromatic rings. The van der Waals surface area contributed by atoms with E-state index >= 15 is 0 Å². The first-order valence-electron chi connectivity index (χ1n) is 8.13. The lowest BCUT2D eigenvalue weighted by molar-refractivity contribution is -0.385. The highest BCUT2D eigenvalue weighted by Gasteiger charge is 2.14. The Bertz CT molecular complexity index is 762. The lowest BCUT2D eigenvalue weighted by Crippen LogP contribution is -2.23. The van der Waals surface area contributed by atoms with Gasteiger partial charge in [-0.15, -0.1) is 0 Å². The molecule has 0 unspecified atom stereocenters. The summed E-state index contributed by atoms with van der Waals surface area (Å²) in [6.45, 7) is 4.53. The minimum absolute atomic E-state index is 0.00424. The van der Waals surface area contributed by atoms with Crippen LogP contribution in [0.15, 0.2) is 36.5 Å². The monoisotopic (exact) mass is 343 g/mol. The van der Waals surface area contributed by atoms with E-state index in [1.165, 1.54) is 18.2 Å². The van der Waals surface area contributed by atoms with Crippen LogP contribution in [-0.2, 0) is 6.54 Å². The van der Waals surface area contributed by atoms with Gasteiger partial charge in [0, 0.05) is 35.5 Å². The molecule has 0 aliphatic rings. The van der Waals surface area contributed by atoms with Gasteiger partial charge in [-0.25, -0.2) is 4.98 Å². The van der Waals surface area contributed by atoms with E-state index in [1.54, 1.807) is 19.2 Å². The summed E-state index contributed by atoms with van der Waals surface area (Å²) in [7, 11) is 0. The SMILES string of the molecule is CCCCOc1ncccc1CNC(=O)c1ccc([N+](=O)[O-])c(C)c1. The van der Waals surface area contributed by atoms with E-state index in [0.717, 1.165) is 18.4 Å². The summed E-state index contributed by atoms with van der Waals surface area (Å²) in [6, 6.07) is 7.92. The molecule has 0 aliphatic carbocycles. The summed E-state index contributed by atoms with van der Waals surface area (Å²) in [6.07, 6.45) is 3.61. The van der Waals surface area contributed by atoms with E-state index in [1.807, 2.05) is 6.07 Å². The number of nitrogens with zero attached hydrogens (tertiary/aromatic N) is 2. The zero-order valence-electron chi connectivity index (χ0n) is 14.3. The molecule has 7 heteroatoms. The van der Waals surface area contributed by atoms with Crippen molar-refractivity contribution < 1.29 is 14.5 Å². The number of unbranched alkanes of at least 4 members (excludes halogenated alkanes) is 1. The van der Waals surface area contributed by atoms with Crippen LogP contribution in [0.3, 0.4) is 0 Å². The molecule has 1 aromatic heterocycles. The molecule has 1 N–H and O–H groups in total. The molecule has 0 atom stereocenters. The highest BCUT2D eigenvalue weighted by atomic mass is 16.6. The molecule has 0 saturated carbocycles. The fourth-order valence-electron chi connectivity index (χ4n) is 2.28. The Morgan fingerprint density at radius 2 is 2.16 bits per heavy atom. The Labute approximate surface area is 146 Å². The van der Waals surface area contributed by atoms with Crippen molar-refractivity contribution in [2.24, 2.45) is 0 Å². The van der Waals surface area contributed by atoms with Crippen LogP contribution in [0.2, 0.25) is 0 Å². The van der Waals surface area contributed by atoms with Gasteiger partial charge in [-0.3, -0.25) is 14.9 Å². The van der Waals surface area contributed by atoms with Gasteiger partial charge in [-0.2, -0.15) is 0 Å². The average molecular weight is 343 g/mol. The van der Waals surface area contributed by atoms with Gasteiger partial charge in [-0.05, 0) is 31.5 Å². The van der Waals surface area contributed by atoms with Crippen LogP contribution in [0.5, 0.6) is 5.88 Å². The standard InChI is InChI=1S/C18H21N3O4/c1-3-4-10-25-18-15(6-5-9-19-18)12-20-17(22)14-7-8-16(21(23)24)13(2)11-14/h5-9,11H,3-4,10,12H2,1-2H3,(H,20,22). The highest BCUT2D eigenvalue weighted by molar-refractivity contribution is 5.94. The van der Waals surface area contributed by atoms with Gasteiger partial charge in [0.25, 0.3) is 11.6 Å². The molecule has 0 spiro atoms. The first-order chi connectivity index (χ1) is 12.0. The number of hydrogen-bond donors (Lipinski definition) is 1. The van der Waals surface area contributed by atoms with Crippen molar-refractivity contribution >= 4 is 11.6 Å². The maximum atomic E-state index is 12.3. The number of benzene rings is 1. The number of pyridine rings is 1. The lowest BCUT2D eigenvalue weighted by atomic mass is 10.1. The highest BCUT2D eigenvalue weighted by Crippen LogP contribution is 2.19. The van der Waals surface area contributed by atoms with Crippen molar-refractivity contribution in [2.75, 3.05) is 6.61 Å². The minimum atomic E-state index is -0.466. The van der Waals surface area contributed by atoms with Gasteiger partial charge in [-0.1, -0.05) is 19.4 Å². The van der Waals surface area contributed by atoms with E-state index < -0.39 is 4.92 Å². The number of carbonyl (C=O) groups is 1. The zero-order valence-corrected chi connectivity index (χ0v) is 14.3. The van der Waals surface area contributed by atoms with Crippen molar-refractivity contribution in [3.8, 4) is 5.88 Å². The molecule has 0 aliphatic heterocycles. The molecule has 0 saturated heterocycles. The van der Waals surface area contributed by atoms with Crippen molar-refractivity contribution in [1.82, 2.24) is 10.3 Å². The molecular weight excluding hydrogens is 322 g/mol. The number of nitrogens with one attached hydrogen (secondary N) is 1. The van der Waals surface area contributed by atoms with E-state index in [9.17, 15) is 14.9 Å². The van der Waals surface area contributed by atoms with Crippen LogP contribution in [0.25, 0.3) is 0 Å². The Morgan fingerprint density at radius 1 is 1.36 bits per heavy atom. The van der Waals surface area contributed by atoms with Crippen LogP contribution in [-0.4, -0.2) is 22.4 Å². The second kappa shape index (κ2) is 8.77. The second-order valence-corrected chi connectivity index (χ2v) is 5.61. The van der Waals surface area contributed by atoms with Gasteiger partial charge in [0.1, 0.15) is 0 Å². The Morgan fingerprint density at radius 3 is 2.84 bits per heavy atom. The van der Waals surface area contributed by atoms with E-state index in [-0.39, 0.29) is 18.1 Å². The number of amides is 1. The number of aryl methyl sites for hydroxylation is 1. The quantitative estimate of drug-likeness (QED) is 0.450. The molecule has 7 nitrogen and oxygen atoms in total. The number of hydrogen-bond acceptors (Lipinski definition) is 5. The lowest BCUT2D eigenvalue weighted by Gasteiger charge is -2.11. The molecule has 0 radical (unpaired) electrons. The largest absolute Gasteiger partial charge is 0.477 e. The summed E-state index contributed by atoms with van der Waals surface area (Å²) in [4.78, 5) is 26.9. The Kier molecular flexibility index (Phi) is 6.45. The van der Waals surface area contributed by atoms with Crippen molar-refractivity contribution in [2.45, 2.75) is 33.2 Å². The molecular formula is C18H21N3O4. The van der Waals surface area contributed by atoms with Gasteiger partial charge in [0.2, 0.25) is 5.88 Å². The summed E-state index contributed by atoms with van der Waals surface area (Å²) < 4.78 is 5.64. The maximum Gasteiger partial charge on any atom is 0.272 e. The van der Waals surface area contributed by atoms with E-state index in [4.69, 9.17) is 4.74 Å². The summed E-state index contributed by atoms with van der Waals surface area (Å²) in [5.41, 5.74) is 1.60. The topological polar surface area (TPSA) is 94.4 Å². The molecule has 25 heavy (non-hydrogen) atoms. The number of aromatic nitrogens is 1. The number of carbonyl (C=O) groups excluding carboxylic acids is 1. The molecule has 1 heterocycles. The maximum absolute atomic E-state index is 12.3. The Balaban J connectivity index is 2.03. The van der Waals surface area contributed by atoms with Gasteiger partial charge in [0.05, 0.1) is 11.5 Å². The van der Waals surface area contributed by atoms with E-state index in [0.29, 0.717) is 23.6 Å². The van der Waals surface area contributed by atoms with Crippen LogP contribution < -0.4 is 10.1 Å². The number of ether oxygens (including phenoxy) is 1. The van der Waals surface area contributed by atoms with Crippen molar-refractivity contribution in [3.05, 3.63) is 63.3 Å². The third-order valence-electron chi connectivity index (χ3n) is 3.68. The first-order valence-corrected chi connectivity index (χ1v) is 8.13. The smallest absolute Gasteiger partial charge is 0.272 e. The van der Waals surface area contributed by atoms with Gasteiger partial charge in [0.15, 0.2) is 0 Å². The normalized spacial score (nSPS) is 10.3. The number of rotatable bonds is 8. The average Bonchev–Trinajstić information content (AvgIpc) is 2.60. The molecule has 1 amide bonds. The fourth-order valence-corrected chi connectivity index (χ4v) is 2.28. The molecule has 0 bridgehead atoms. The third kappa shape index (κ3) is 5.00. The summed E-state index contributed by atoms with van der Waals surface area (Å²) in [5, 5.41) is 13.6. The molecule has 0 fully saturated rings. The molecule has 132 valence electrons. The van der Waals surface area contributed by atoms with Crippen molar-refractivity contribution in [1.29, 1.82) is 0 Å². The minimum Gasteiger partial charge on any atom is -0.477 e. The first kappa shape index (κ1) is 18.4. The third-order valence-corrected chi connectivity index (χ3v) is 3.68. The number of nitro groups is 1.